The van der Waals surface area contributed by atoms with Crippen molar-refractivity contribution in [2.45, 2.75) is 52.1 Å². The summed E-state index contributed by atoms with van der Waals surface area (Å²) in [6.07, 6.45) is 4.12. The summed E-state index contributed by atoms with van der Waals surface area (Å²) in [5.41, 5.74) is 1.40. The van der Waals surface area contributed by atoms with Crippen molar-refractivity contribution in [1.82, 2.24) is 5.32 Å². The minimum atomic E-state index is 0.467. The van der Waals surface area contributed by atoms with E-state index in [1.807, 2.05) is 0 Å². The van der Waals surface area contributed by atoms with Gasteiger partial charge in [0.25, 0.3) is 0 Å². The second kappa shape index (κ2) is 5.68. The lowest BCUT2D eigenvalue weighted by Gasteiger charge is -2.36. The molecule has 0 amide bonds. The Morgan fingerprint density at radius 3 is 2.53 bits per heavy atom. The first-order chi connectivity index (χ1) is 8.18. The molecule has 1 fully saturated rings. The topological polar surface area (TPSA) is 12.0 Å². The van der Waals surface area contributed by atoms with E-state index in [9.17, 15) is 0 Å². The van der Waals surface area contributed by atoms with Crippen LogP contribution < -0.4 is 5.32 Å². The van der Waals surface area contributed by atoms with Crippen LogP contribution in [-0.2, 0) is 0 Å². The van der Waals surface area contributed by atoms with E-state index in [0.29, 0.717) is 12.1 Å². The largest absolute Gasteiger partial charge is 0.307 e. The average molecular weight is 231 g/mol. The van der Waals surface area contributed by atoms with E-state index >= 15 is 0 Å². The highest BCUT2D eigenvalue weighted by atomic mass is 15.0. The number of rotatable bonds is 3. The van der Waals surface area contributed by atoms with E-state index in [4.69, 9.17) is 0 Å². The molecule has 0 spiro atoms. The average Bonchev–Trinajstić information content (AvgIpc) is 2.36. The molecule has 94 valence electrons. The molecule has 2 rings (SSSR count). The van der Waals surface area contributed by atoms with Gasteiger partial charge >= 0.3 is 0 Å². The van der Waals surface area contributed by atoms with Crippen LogP contribution in [0, 0.1) is 11.8 Å². The van der Waals surface area contributed by atoms with Crippen LogP contribution in [0.1, 0.15) is 51.6 Å². The highest BCUT2D eigenvalue weighted by Gasteiger charge is 2.27. The summed E-state index contributed by atoms with van der Waals surface area (Å²) < 4.78 is 0. The molecular weight excluding hydrogens is 206 g/mol. The Labute approximate surface area is 106 Å². The first-order valence-corrected chi connectivity index (χ1v) is 6.99. The fourth-order valence-corrected chi connectivity index (χ4v) is 2.98. The Kier molecular flexibility index (Phi) is 4.22. The molecule has 1 aliphatic rings. The molecule has 0 saturated heterocycles. The highest BCUT2D eigenvalue weighted by molar-refractivity contribution is 5.18. The van der Waals surface area contributed by atoms with Crippen LogP contribution in [0.25, 0.3) is 0 Å². The molecular formula is C16H25N. The van der Waals surface area contributed by atoms with Gasteiger partial charge in [-0.1, -0.05) is 57.0 Å². The van der Waals surface area contributed by atoms with Gasteiger partial charge < -0.3 is 5.32 Å². The number of nitrogens with one attached hydrogen (secondary N) is 1. The lowest BCUT2D eigenvalue weighted by Crippen LogP contribution is -2.41. The van der Waals surface area contributed by atoms with Gasteiger partial charge in [-0.3, -0.25) is 0 Å². The number of benzene rings is 1. The Morgan fingerprint density at radius 1 is 1.12 bits per heavy atom. The summed E-state index contributed by atoms with van der Waals surface area (Å²) in [4.78, 5) is 0. The molecule has 1 nitrogen and oxygen atoms in total. The molecule has 1 aromatic rings. The summed E-state index contributed by atoms with van der Waals surface area (Å²) in [5.74, 6) is 1.67. The molecule has 1 saturated carbocycles. The first kappa shape index (κ1) is 12.6. The van der Waals surface area contributed by atoms with Gasteiger partial charge in [0.2, 0.25) is 0 Å². The van der Waals surface area contributed by atoms with Gasteiger partial charge in [0.1, 0.15) is 0 Å². The van der Waals surface area contributed by atoms with Crippen LogP contribution in [0.4, 0.5) is 0 Å². The number of hydrogen-bond acceptors (Lipinski definition) is 1. The molecule has 1 aromatic carbocycles. The third kappa shape index (κ3) is 3.10. The van der Waals surface area contributed by atoms with Crippen molar-refractivity contribution >= 4 is 0 Å². The SMILES string of the molecule is CC1CCCC(N[C@@H](C)c2ccccc2)C1C. The van der Waals surface area contributed by atoms with Crippen LogP contribution in [0.3, 0.4) is 0 Å². The van der Waals surface area contributed by atoms with Crippen LogP contribution in [0.2, 0.25) is 0 Å². The zero-order valence-corrected chi connectivity index (χ0v) is 11.3. The molecule has 3 unspecified atom stereocenters. The Morgan fingerprint density at radius 2 is 1.82 bits per heavy atom. The Balaban J connectivity index is 1.96. The van der Waals surface area contributed by atoms with Gasteiger partial charge in [-0.05, 0) is 30.7 Å². The third-order valence-corrected chi connectivity index (χ3v) is 4.47. The van der Waals surface area contributed by atoms with E-state index in [1.165, 1.54) is 24.8 Å². The summed E-state index contributed by atoms with van der Waals surface area (Å²) in [6, 6.07) is 11.9. The van der Waals surface area contributed by atoms with Crippen LogP contribution in [0.15, 0.2) is 30.3 Å². The van der Waals surface area contributed by atoms with Gasteiger partial charge in [0.05, 0.1) is 0 Å². The summed E-state index contributed by atoms with van der Waals surface area (Å²) in [6.45, 7) is 7.08. The predicted octanol–water partition coefficient (Wildman–Crippen LogP) is 4.16. The van der Waals surface area contributed by atoms with Gasteiger partial charge in [0.15, 0.2) is 0 Å². The van der Waals surface area contributed by atoms with Crippen LogP contribution in [-0.4, -0.2) is 6.04 Å². The van der Waals surface area contributed by atoms with Gasteiger partial charge in [-0.25, -0.2) is 0 Å². The fraction of sp³-hybridized carbons (Fsp3) is 0.625. The van der Waals surface area contributed by atoms with E-state index < -0.39 is 0 Å². The molecule has 0 bridgehead atoms. The molecule has 4 atom stereocenters. The lowest BCUT2D eigenvalue weighted by molar-refractivity contribution is 0.196. The molecule has 0 radical (unpaired) electrons. The maximum absolute atomic E-state index is 3.82. The van der Waals surface area contributed by atoms with Crippen LogP contribution in [0.5, 0.6) is 0 Å². The summed E-state index contributed by atoms with van der Waals surface area (Å²) in [7, 11) is 0. The molecule has 1 N–H and O–H groups in total. The van der Waals surface area contributed by atoms with E-state index in [2.05, 4.69) is 56.4 Å². The summed E-state index contributed by atoms with van der Waals surface area (Å²) >= 11 is 0. The van der Waals surface area contributed by atoms with Crippen molar-refractivity contribution in [2.24, 2.45) is 11.8 Å². The highest BCUT2D eigenvalue weighted by Crippen LogP contribution is 2.30. The fourth-order valence-electron chi connectivity index (χ4n) is 2.98. The van der Waals surface area contributed by atoms with E-state index in [0.717, 1.165) is 11.8 Å². The summed E-state index contributed by atoms with van der Waals surface area (Å²) in [5, 5.41) is 3.82. The van der Waals surface area contributed by atoms with Crippen LogP contribution >= 0.6 is 0 Å². The molecule has 0 aromatic heterocycles. The molecule has 17 heavy (non-hydrogen) atoms. The van der Waals surface area contributed by atoms with Crippen molar-refractivity contribution in [1.29, 1.82) is 0 Å². The standard InChI is InChI=1S/C16H25N/c1-12-8-7-11-16(13(12)2)17-14(3)15-9-5-4-6-10-15/h4-6,9-10,12-14,16-17H,7-8,11H2,1-3H3/t12?,13?,14-,16?/m0/s1. The van der Waals surface area contributed by atoms with E-state index in [-0.39, 0.29) is 0 Å². The van der Waals surface area contributed by atoms with E-state index in [1.54, 1.807) is 0 Å². The molecule has 0 heterocycles. The molecule has 0 aliphatic heterocycles. The third-order valence-electron chi connectivity index (χ3n) is 4.47. The minimum Gasteiger partial charge on any atom is -0.307 e. The number of hydrogen-bond donors (Lipinski definition) is 1. The van der Waals surface area contributed by atoms with Gasteiger partial charge in [-0.15, -0.1) is 0 Å². The first-order valence-electron chi connectivity index (χ1n) is 6.99. The Bertz CT molecular complexity index is 333. The predicted molar refractivity (Wildman–Crippen MR) is 74.0 cm³/mol. The van der Waals surface area contributed by atoms with Crippen molar-refractivity contribution in [3.8, 4) is 0 Å². The second-order valence-corrected chi connectivity index (χ2v) is 5.67. The van der Waals surface area contributed by atoms with Gasteiger partial charge in [0, 0.05) is 12.1 Å². The lowest BCUT2D eigenvalue weighted by atomic mass is 9.77. The van der Waals surface area contributed by atoms with Crippen molar-refractivity contribution in [2.75, 3.05) is 0 Å². The minimum absolute atomic E-state index is 0.467. The zero-order chi connectivity index (χ0) is 12.3. The zero-order valence-electron chi connectivity index (χ0n) is 11.3. The second-order valence-electron chi connectivity index (χ2n) is 5.67. The maximum Gasteiger partial charge on any atom is 0.0294 e. The Hall–Kier alpha value is -0.820. The van der Waals surface area contributed by atoms with Crippen molar-refractivity contribution < 1.29 is 0 Å². The maximum atomic E-state index is 3.82. The quantitative estimate of drug-likeness (QED) is 0.823. The van der Waals surface area contributed by atoms with Crippen molar-refractivity contribution in [3.05, 3.63) is 35.9 Å². The molecule has 1 aliphatic carbocycles. The van der Waals surface area contributed by atoms with Crippen molar-refractivity contribution in [3.63, 3.8) is 0 Å². The smallest absolute Gasteiger partial charge is 0.0294 e. The van der Waals surface area contributed by atoms with Gasteiger partial charge in [-0.2, -0.15) is 0 Å². The normalized spacial score (nSPS) is 31.1. The molecule has 1 heteroatoms. The monoisotopic (exact) mass is 231 g/mol.